The molecule has 0 bridgehead atoms. The summed E-state index contributed by atoms with van der Waals surface area (Å²) in [6, 6.07) is 0.387. The van der Waals surface area contributed by atoms with Crippen molar-refractivity contribution in [2.75, 3.05) is 6.54 Å². The normalized spacial score (nSPS) is 20.4. The molecule has 0 aromatic rings. The second-order valence-electron chi connectivity index (χ2n) is 5.59. The number of carbonyl (C=O) groups is 1. The smallest absolute Gasteiger partial charge is 0.235 e. The molecule has 1 unspecified atom stereocenters. The van der Waals surface area contributed by atoms with Gasteiger partial charge < -0.3 is 10.6 Å². The molecule has 3 nitrogen and oxygen atoms in total. The highest BCUT2D eigenvalue weighted by atomic mass is 32.1. The van der Waals surface area contributed by atoms with E-state index in [0.717, 1.165) is 32.2 Å². The Labute approximate surface area is 122 Å². The van der Waals surface area contributed by atoms with E-state index in [4.69, 9.17) is 18.0 Å². The average Bonchev–Trinajstić information content (AvgIpc) is 2.41. The van der Waals surface area contributed by atoms with E-state index >= 15 is 0 Å². The first-order valence-electron chi connectivity index (χ1n) is 7.64. The minimum Gasteiger partial charge on any atom is -0.392 e. The highest BCUT2D eigenvalue weighted by Crippen LogP contribution is 2.33. The van der Waals surface area contributed by atoms with Crippen molar-refractivity contribution in [1.82, 2.24) is 4.90 Å². The van der Waals surface area contributed by atoms with E-state index in [2.05, 4.69) is 11.8 Å². The van der Waals surface area contributed by atoms with Crippen molar-refractivity contribution in [3.63, 3.8) is 0 Å². The third kappa shape index (κ3) is 3.28. The third-order valence-electron chi connectivity index (χ3n) is 4.60. The Morgan fingerprint density at radius 3 is 2.42 bits per heavy atom. The van der Waals surface area contributed by atoms with Gasteiger partial charge in [0.1, 0.15) is 0 Å². The zero-order valence-electron chi connectivity index (χ0n) is 12.6. The molecule has 19 heavy (non-hydrogen) atoms. The zero-order valence-corrected chi connectivity index (χ0v) is 13.4. The van der Waals surface area contributed by atoms with Crippen LogP contribution in [-0.2, 0) is 4.79 Å². The molecule has 0 aliphatic carbocycles. The molecule has 1 atom stereocenters. The fourth-order valence-corrected chi connectivity index (χ4v) is 3.56. The Balaban J connectivity index is 2.96. The van der Waals surface area contributed by atoms with Crippen molar-refractivity contribution in [3.8, 4) is 0 Å². The quantitative estimate of drug-likeness (QED) is 0.762. The van der Waals surface area contributed by atoms with Crippen LogP contribution in [0, 0.1) is 5.41 Å². The number of nitrogens with two attached hydrogens (primary N) is 1. The number of rotatable bonds is 6. The average molecular weight is 284 g/mol. The second kappa shape index (κ2) is 7.22. The maximum atomic E-state index is 13.0. The number of hydrogen-bond acceptors (Lipinski definition) is 2. The van der Waals surface area contributed by atoms with E-state index in [-0.39, 0.29) is 5.91 Å². The van der Waals surface area contributed by atoms with Gasteiger partial charge in [-0.15, -0.1) is 0 Å². The summed E-state index contributed by atoms with van der Waals surface area (Å²) in [5.41, 5.74) is 5.28. The molecular formula is C15H28N2OS. The lowest BCUT2D eigenvalue weighted by Gasteiger charge is -2.42. The summed E-state index contributed by atoms with van der Waals surface area (Å²) in [7, 11) is 0. The van der Waals surface area contributed by atoms with Gasteiger partial charge in [0.05, 0.1) is 10.4 Å². The lowest BCUT2D eigenvalue weighted by Crippen LogP contribution is -2.54. The predicted octanol–water partition coefficient (Wildman–Crippen LogP) is 3.26. The summed E-state index contributed by atoms with van der Waals surface area (Å²) in [5.74, 6) is 0.170. The van der Waals surface area contributed by atoms with Crippen molar-refractivity contribution in [2.24, 2.45) is 11.1 Å². The molecule has 1 aliphatic rings. The first-order valence-corrected chi connectivity index (χ1v) is 8.05. The molecule has 1 saturated heterocycles. The fraction of sp³-hybridized carbons (Fsp3) is 0.867. The largest absolute Gasteiger partial charge is 0.392 e. The van der Waals surface area contributed by atoms with E-state index in [0.29, 0.717) is 23.9 Å². The molecule has 1 rings (SSSR count). The van der Waals surface area contributed by atoms with E-state index in [1.807, 2.05) is 13.8 Å². The van der Waals surface area contributed by atoms with E-state index in [9.17, 15) is 4.79 Å². The van der Waals surface area contributed by atoms with Crippen molar-refractivity contribution in [1.29, 1.82) is 0 Å². The Hall–Kier alpha value is -0.640. The van der Waals surface area contributed by atoms with Crippen molar-refractivity contribution in [2.45, 2.75) is 71.8 Å². The van der Waals surface area contributed by atoms with Crippen LogP contribution < -0.4 is 5.73 Å². The van der Waals surface area contributed by atoms with Crippen LogP contribution in [0.15, 0.2) is 0 Å². The Kier molecular flexibility index (Phi) is 6.24. The molecule has 1 amide bonds. The molecule has 1 aliphatic heterocycles. The van der Waals surface area contributed by atoms with Gasteiger partial charge in [0.25, 0.3) is 0 Å². The number of nitrogens with zero attached hydrogens (tertiary/aromatic N) is 1. The van der Waals surface area contributed by atoms with Crippen LogP contribution >= 0.6 is 12.2 Å². The molecule has 4 heteroatoms. The van der Waals surface area contributed by atoms with Crippen LogP contribution in [0.1, 0.15) is 65.7 Å². The van der Waals surface area contributed by atoms with E-state index < -0.39 is 5.41 Å². The SMILES string of the molecule is CCCC1CCCCN1C(=O)C(CC)(CC)C(N)=S. The number of hydrogen-bond donors (Lipinski definition) is 1. The Morgan fingerprint density at radius 2 is 1.95 bits per heavy atom. The lowest BCUT2D eigenvalue weighted by molar-refractivity contribution is -0.142. The highest BCUT2D eigenvalue weighted by Gasteiger charge is 2.43. The van der Waals surface area contributed by atoms with Gasteiger partial charge in [-0.1, -0.05) is 39.4 Å². The van der Waals surface area contributed by atoms with Gasteiger partial charge in [-0.2, -0.15) is 0 Å². The van der Waals surface area contributed by atoms with Crippen LogP contribution in [0.2, 0.25) is 0 Å². The maximum absolute atomic E-state index is 13.0. The van der Waals surface area contributed by atoms with Crippen LogP contribution in [-0.4, -0.2) is 28.4 Å². The fourth-order valence-electron chi connectivity index (χ4n) is 3.18. The minimum absolute atomic E-state index is 0.170. The molecule has 110 valence electrons. The molecule has 1 heterocycles. The monoisotopic (exact) mass is 284 g/mol. The third-order valence-corrected chi connectivity index (χ3v) is 4.99. The number of thiocarbonyl (C=S) groups is 1. The minimum atomic E-state index is -0.626. The summed E-state index contributed by atoms with van der Waals surface area (Å²) in [6.07, 6.45) is 7.07. The van der Waals surface area contributed by atoms with Gasteiger partial charge in [-0.25, -0.2) is 0 Å². The molecule has 0 aromatic heterocycles. The van der Waals surface area contributed by atoms with Crippen molar-refractivity contribution >= 4 is 23.1 Å². The number of piperidine rings is 1. The topological polar surface area (TPSA) is 46.3 Å². The van der Waals surface area contributed by atoms with Crippen LogP contribution in [0.25, 0.3) is 0 Å². The summed E-state index contributed by atoms with van der Waals surface area (Å²) in [5, 5.41) is 0. The van der Waals surface area contributed by atoms with Gasteiger partial charge in [0.2, 0.25) is 5.91 Å². The molecule has 1 fully saturated rings. The van der Waals surface area contributed by atoms with E-state index in [1.54, 1.807) is 0 Å². The molecule has 0 aromatic carbocycles. The molecule has 0 spiro atoms. The zero-order chi connectivity index (χ0) is 14.5. The maximum Gasteiger partial charge on any atom is 0.235 e. The lowest BCUT2D eigenvalue weighted by atomic mass is 9.79. The Bertz CT molecular complexity index is 324. The van der Waals surface area contributed by atoms with Crippen molar-refractivity contribution < 1.29 is 4.79 Å². The van der Waals surface area contributed by atoms with E-state index in [1.165, 1.54) is 6.42 Å². The Morgan fingerprint density at radius 1 is 1.32 bits per heavy atom. The number of likely N-dealkylation sites (tertiary alicyclic amines) is 1. The summed E-state index contributed by atoms with van der Waals surface area (Å²) < 4.78 is 0. The van der Waals surface area contributed by atoms with Gasteiger partial charge >= 0.3 is 0 Å². The summed E-state index contributed by atoms with van der Waals surface area (Å²) in [4.78, 5) is 15.4. The number of amides is 1. The van der Waals surface area contributed by atoms with Gasteiger partial charge in [0.15, 0.2) is 0 Å². The van der Waals surface area contributed by atoms with Crippen LogP contribution in [0.3, 0.4) is 0 Å². The second-order valence-corrected chi connectivity index (χ2v) is 6.03. The van der Waals surface area contributed by atoms with Crippen LogP contribution in [0.5, 0.6) is 0 Å². The van der Waals surface area contributed by atoms with Crippen LogP contribution in [0.4, 0.5) is 0 Å². The first-order chi connectivity index (χ1) is 9.03. The molecule has 0 radical (unpaired) electrons. The molecule has 0 saturated carbocycles. The van der Waals surface area contributed by atoms with Gasteiger partial charge in [-0.3, -0.25) is 4.79 Å². The standard InChI is InChI=1S/C15H28N2OS/c1-4-9-12-10-7-8-11-17(12)14(18)15(5-2,6-3)13(16)19/h12H,4-11H2,1-3H3,(H2,16,19). The number of carbonyl (C=O) groups excluding carboxylic acids is 1. The summed E-state index contributed by atoms with van der Waals surface area (Å²) in [6.45, 7) is 7.07. The first kappa shape index (κ1) is 16.4. The van der Waals surface area contributed by atoms with Crippen molar-refractivity contribution in [3.05, 3.63) is 0 Å². The molecule has 2 N–H and O–H groups in total. The highest BCUT2D eigenvalue weighted by molar-refractivity contribution is 7.80. The predicted molar refractivity (Wildman–Crippen MR) is 84.1 cm³/mol. The summed E-state index contributed by atoms with van der Waals surface area (Å²) >= 11 is 5.21. The van der Waals surface area contributed by atoms with Gasteiger partial charge in [0, 0.05) is 12.6 Å². The molecular weight excluding hydrogens is 256 g/mol. The van der Waals surface area contributed by atoms with Gasteiger partial charge in [-0.05, 0) is 38.5 Å².